The van der Waals surface area contributed by atoms with Gasteiger partial charge < -0.3 is 14.8 Å². The zero-order valence-electron chi connectivity index (χ0n) is 16.4. The predicted molar refractivity (Wildman–Crippen MR) is 127 cm³/mol. The number of aromatic nitrogens is 1. The molecule has 3 aromatic rings. The van der Waals surface area contributed by atoms with E-state index in [1.54, 1.807) is 34.7 Å². The Kier molecular flexibility index (Phi) is 7.34. The molecule has 1 fully saturated rings. The summed E-state index contributed by atoms with van der Waals surface area (Å²) in [5.41, 5.74) is 2.22. The van der Waals surface area contributed by atoms with E-state index in [4.69, 9.17) is 0 Å². The Bertz CT molecular complexity index is 969. The number of rotatable bonds is 7. The van der Waals surface area contributed by atoms with Crippen LogP contribution in [0.15, 0.2) is 55.7 Å². The average molecular weight is 479 g/mol. The summed E-state index contributed by atoms with van der Waals surface area (Å²) in [6.45, 7) is 1.69. The average Bonchev–Trinajstić information content (AvgIpc) is 3.41. The number of carbonyl (C=O) groups excluding carboxylic acids is 1. The van der Waals surface area contributed by atoms with Gasteiger partial charge in [0.1, 0.15) is 11.9 Å². The fourth-order valence-corrected chi connectivity index (χ4v) is 6.83. The van der Waals surface area contributed by atoms with Gasteiger partial charge in [-0.2, -0.15) is 0 Å². The third kappa shape index (κ3) is 5.57. The van der Waals surface area contributed by atoms with Gasteiger partial charge >= 0.3 is 0 Å². The molecule has 158 valence electrons. The van der Waals surface area contributed by atoms with Gasteiger partial charge in [0.2, 0.25) is 0 Å². The maximum absolute atomic E-state index is 12.8. The van der Waals surface area contributed by atoms with Crippen molar-refractivity contribution in [3.05, 3.63) is 52.9 Å². The SMILES string of the molecule is C[S+]([O-])NC1CCN(c2ccccc2NC(=O)c2csc(Sc3cccs3)n2)CC1. The van der Waals surface area contributed by atoms with Crippen LogP contribution in [0.3, 0.4) is 0 Å². The number of thiophene rings is 1. The van der Waals surface area contributed by atoms with Crippen LogP contribution in [0.25, 0.3) is 0 Å². The van der Waals surface area contributed by atoms with Gasteiger partial charge in [-0.1, -0.05) is 18.2 Å². The van der Waals surface area contributed by atoms with Gasteiger partial charge in [0.25, 0.3) is 5.91 Å². The highest BCUT2D eigenvalue weighted by atomic mass is 32.2. The summed E-state index contributed by atoms with van der Waals surface area (Å²) >= 11 is 3.73. The maximum Gasteiger partial charge on any atom is 0.275 e. The second-order valence-electron chi connectivity index (χ2n) is 6.84. The molecule has 0 radical (unpaired) electrons. The van der Waals surface area contributed by atoms with Crippen molar-refractivity contribution in [2.24, 2.45) is 0 Å². The molecule has 30 heavy (non-hydrogen) atoms. The molecular weight excluding hydrogens is 457 g/mol. The first kappa shape index (κ1) is 21.7. The molecule has 1 amide bonds. The van der Waals surface area contributed by atoms with Gasteiger partial charge in [0.05, 0.1) is 21.6 Å². The smallest absolute Gasteiger partial charge is 0.275 e. The van der Waals surface area contributed by atoms with Crippen molar-refractivity contribution in [2.75, 3.05) is 29.6 Å². The van der Waals surface area contributed by atoms with Gasteiger partial charge in [0.15, 0.2) is 4.34 Å². The number of amides is 1. The van der Waals surface area contributed by atoms with Crippen molar-refractivity contribution < 1.29 is 9.35 Å². The monoisotopic (exact) mass is 478 g/mol. The minimum absolute atomic E-state index is 0.199. The molecule has 2 N–H and O–H groups in total. The number of piperidine rings is 1. The number of nitrogens with one attached hydrogen (secondary N) is 2. The van der Waals surface area contributed by atoms with Gasteiger partial charge in [0, 0.05) is 29.8 Å². The van der Waals surface area contributed by atoms with Crippen LogP contribution in [-0.2, 0) is 11.4 Å². The lowest BCUT2D eigenvalue weighted by Crippen LogP contribution is -2.44. The van der Waals surface area contributed by atoms with Crippen LogP contribution in [0.4, 0.5) is 11.4 Å². The quantitative estimate of drug-likeness (QED) is 0.488. The molecule has 1 saturated heterocycles. The van der Waals surface area contributed by atoms with Crippen molar-refractivity contribution in [2.45, 2.75) is 27.4 Å². The number of thiazole rings is 1. The van der Waals surface area contributed by atoms with Crippen LogP contribution in [0.1, 0.15) is 23.3 Å². The molecule has 3 heterocycles. The van der Waals surface area contributed by atoms with E-state index in [9.17, 15) is 9.35 Å². The molecule has 1 unspecified atom stereocenters. The number of hydrogen-bond donors (Lipinski definition) is 2. The molecule has 4 rings (SSSR count). The molecule has 2 aromatic heterocycles. The lowest BCUT2D eigenvalue weighted by molar-refractivity contribution is 0.102. The molecule has 1 aliphatic heterocycles. The fourth-order valence-electron chi connectivity index (χ4n) is 3.33. The molecule has 6 nitrogen and oxygen atoms in total. The Morgan fingerprint density at radius 1 is 1.23 bits per heavy atom. The third-order valence-electron chi connectivity index (χ3n) is 4.72. The van der Waals surface area contributed by atoms with Gasteiger partial charge in [-0.3, -0.25) is 4.79 Å². The van der Waals surface area contributed by atoms with Gasteiger partial charge in [-0.15, -0.1) is 27.4 Å². The van der Waals surface area contributed by atoms with E-state index in [0.717, 1.165) is 45.9 Å². The molecule has 1 aliphatic rings. The molecule has 0 spiro atoms. The van der Waals surface area contributed by atoms with Crippen LogP contribution < -0.4 is 14.9 Å². The Morgan fingerprint density at radius 3 is 2.77 bits per heavy atom. The number of anilines is 2. The summed E-state index contributed by atoms with van der Waals surface area (Å²) in [5.74, 6) is -0.199. The van der Waals surface area contributed by atoms with E-state index in [0.29, 0.717) is 5.69 Å². The largest absolute Gasteiger partial charge is 0.598 e. The van der Waals surface area contributed by atoms with Gasteiger partial charge in [-0.05, 0) is 48.2 Å². The highest BCUT2D eigenvalue weighted by molar-refractivity contribution is 8.02. The van der Waals surface area contributed by atoms with Gasteiger partial charge in [-0.25, -0.2) is 4.98 Å². The summed E-state index contributed by atoms with van der Waals surface area (Å²) in [7, 11) is 0. The molecular formula is C20H22N4O2S4. The molecule has 0 bridgehead atoms. The van der Waals surface area contributed by atoms with E-state index in [-0.39, 0.29) is 11.9 Å². The summed E-state index contributed by atoms with van der Waals surface area (Å²) in [4.78, 5) is 19.6. The highest BCUT2D eigenvalue weighted by Crippen LogP contribution is 2.34. The number of hydrogen-bond acceptors (Lipinski definition) is 8. The predicted octanol–water partition coefficient (Wildman–Crippen LogP) is 4.46. The van der Waals surface area contributed by atoms with E-state index in [1.807, 2.05) is 41.8 Å². The second-order valence-corrected chi connectivity index (χ2v) is 11.3. The first-order valence-corrected chi connectivity index (χ1v) is 13.6. The summed E-state index contributed by atoms with van der Waals surface area (Å²) in [6.07, 6.45) is 3.49. The maximum atomic E-state index is 12.8. The standard InChI is InChI=1S/C20H22N4O2S4/c1-30(26)23-14-8-10-24(11-9-14)17-6-3-2-5-15(17)21-19(25)16-13-28-20(22-16)29-18-7-4-12-27-18/h2-7,12-14,23H,8-11H2,1H3,(H,21,25). The van der Waals surface area contributed by atoms with Crippen LogP contribution in [-0.4, -0.2) is 40.8 Å². The summed E-state index contributed by atoms with van der Waals surface area (Å²) in [5, 5.41) is 6.86. The van der Waals surface area contributed by atoms with Crippen molar-refractivity contribution in [3.63, 3.8) is 0 Å². The Labute approximate surface area is 191 Å². The first-order valence-electron chi connectivity index (χ1n) is 9.50. The molecule has 1 aromatic carbocycles. The second kappa shape index (κ2) is 10.2. The highest BCUT2D eigenvalue weighted by Gasteiger charge is 2.24. The normalized spacial score (nSPS) is 15.9. The van der Waals surface area contributed by atoms with Crippen LogP contribution >= 0.6 is 34.4 Å². The third-order valence-corrected chi connectivity index (χ3v) is 8.36. The molecule has 0 aliphatic carbocycles. The Hall–Kier alpha value is -1.56. The lowest BCUT2D eigenvalue weighted by atomic mass is 10.0. The summed E-state index contributed by atoms with van der Waals surface area (Å²) in [6, 6.07) is 12.2. The molecule has 1 atom stereocenters. The van der Waals surface area contributed by atoms with E-state index >= 15 is 0 Å². The number of nitrogens with zero attached hydrogens (tertiary/aromatic N) is 2. The van der Waals surface area contributed by atoms with Crippen molar-refractivity contribution in [1.82, 2.24) is 9.71 Å². The zero-order chi connectivity index (χ0) is 20.9. The summed E-state index contributed by atoms with van der Waals surface area (Å²) < 4.78 is 16.5. The van der Waals surface area contributed by atoms with E-state index in [1.165, 1.54) is 11.3 Å². The van der Waals surface area contributed by atoms with E-state index in [2.05, 4.69) is 19.9 Å². The van der Waals surface area contributed by atoms with Crippen molar-refractivity contribution in [3.8, 4) is 0 Å². The number of benzene rings is 1. The number of para-hydroxylation sites is 2. The lowest BCUT2D eigenvalue weighted by Gasteiger charge is -2.34. The van der Waals surface area contributed by atoms with E-state index < -0.39 is 11.4 Å². The molecule has 0 saturated carbocycles. The van der Waals surface area contributed by atoms with Crippen LogP contribution in [0.5, 0.6) is 0 Å². The Morgan fingerprint density at radius 2 is 2.03 bits per heavy atom. The van der Waals surface area contributed by atoms with Crippen molar-refractivity contribution in [1.29, 1.82) is 0 Å². The minimum Gasteiger partial charge on any atom is -0.598 e. The minimum atomic E-state index is -0.994. The number of carbonyl (C=O) groups is 1. The molecule has 10 heteroatoms. The van der Waals surface area contributed by atoms with Crippen LogP contribution in [0.2, 0.25) is 0 Å². The zero-order valence-corrected chi connectivity index (χ0v) is 19.6. The fraction of sp³-hybridized carbons (Fsp3) is 0.300. The Balaban J connectivity index is 1.41. The topological polar surface area (TPSA) is 80.3 Å². The first-order chi connectivity index (χ1) is 14.6. The van der Waals surface area contributed by atoms with Crippen molar-refractivity contribution >= 4 is 63.1 Å². The van der Waals surface area contributed by atoms with Crippen LogP contribution in [0, 0.1) is 0 Å².